The maximum atomic E-state index is 13.2. The number of benzene rings is 2. The number of ketones is 1. The molecule has 0 amide bonds. The molecule has 0 unspecified atom stereocenters. The van der Waals surface area contributed by atoms with Gasteiger partial charge in [0.25, 0.3) is 0 Å². The molecule has 2 aromatic carbocycles. The molecule has 0 saturated carbocycles. The molecule has 2 nitrogen and oxygen atoms in total. The monoisotopic (exact) mass is 290 g/mol. The third-order valence-corrected chi connectivity index (χ3v) is 3.27. The summed E-state index contributed by atoms with van der Waals surface area (Å²) in [6.07, 6.45) is 1.66. The van der Waals surface area contributed by atoms with E-state index in [0.717, 1.165) is 17.7 Å². The summed E-state index contributed by atoms with van der Waals surface area (Å²) in [6.45, 7) is 0.0857. The zero-order valence-corrected chi connectivity index (χ0v) is 11.5. The lowest BCUT2D eigenvalue weighted by Gasteiger charge is -2.05. The van der Waals surface area contributed by atoms with Crippen molar-refractivity contribution in [1.29, 1.82) is 0 Å². The summed E-state index contributed by atoms with van der Waals surface area (Å²) >= 11 is 0. The Labute approximate surface area is 122 Å². The summed E-state index contributed by atoms with van der Waals surface area (Å²) in [4.78, 5) is 11.9. The summed E-state index contributed by atoms with van der Waals surface area (Å²) < 4.78 is 26.1. The van der Waals surface area contributed by atoms with Crippen LogP contribution in [0.25, 0.3) is 11.1 Å². The van der Waals surface area contributed by atoms with Crippen molar-refractivity contribution in [3.63, 3.8) is 0 Å². The molecule has 0 aliphatic rings. The number of unbranched alkanes of at least 4 members (excludes halogenated alkanes) is 1. The number of aliphatic hydroxyl groups excluding tert-OH is 1. The van der Waals surface area contributed by atoms with Gasteiger partial charge in [0.2, 0.25) is 0 Å². The number of carbonyl (C=O) groups excluding carboxylic acids is 1. The third-order valence-electron chi connectivity index (χ3n) is 3.27. The van der Waals surface area contributed by atoms with Gasteiger partial charge in [-0.05, 0) is 36.1 Å². The number of hydrogen-bond donors (Lipinski definition) is 1. The van der Waals surface area contributed by atoms with Crippen molar-refractivity contribution in [2.75, 3.05) is 6.61 Å². The standard InChI is InChI=1S/C17H16F2O2/c18-15-9-8-14(11-16(15)19)12-4-6-13(7-5-12)17(21)3-1-2-10-20/h4-9,11,20H,1-3,10H2. The van der Waals surface area contributed by atoms with Crippen molar-refractivity contribution in [1.82, 2.24) is 0 Å². The lowest BCUT2D eigenvalue weighted by molar-refractivity contribution is 0.0977. The largest absolute Gasteiger partial charge is 0.396 e. The second-order valence-electron chi connectivity index (χ2n) is 4.81. The van der Waals surface area contributed by atoms with Crippen LogP contribution in [-0.4, -0.2) is 17.5 Å². The van der Waals surface area contributed by atoms with Gasteiger partial charge in [0, 0.05) is 18.6 Å². The number of Topliss-reactive ketones (excluding diaryl/α,β-unsaturated/α-hetero) is 1. The molecule has 0 fully saturated rings. The Morgan fingerprint density at radius 3 is 2.19 bits per heavy atom. The van der Waals surface area contributed by atoms with Crippen LogP contribution in [0, 0.1) is 11.6 Å². The second-order valence-corrected chi connectivity index (χ2v) is 4.81. The van der Waals surface area contributed by atoms with E-state index in [-0.39, 0.29) is 12.4 Å². The summed E-state index contributed by atoms with van der Waals surface area (Å²) in [6, 6.07) is 10.5. The summed E-state index contributed by atoms with van der Waals surface area (Å²) in [5.74, 6) is -1.76. The molecule has 0 aliphatic heterocycles. The van der Waals surface area contributed by atoms with Gasteiger partial charge in [-0.25, -0.2) is 8.78 Å². The molecule has 0 heterocycles. The van der Waals surface area contributed by atoms with Crippen molar-refractivity contribution >= 4 is 5.78 Å². The van der Waals surface area contributed by atoms with E-state index >= 15 is 0 Å². The average Bonchev–Trinajstić information content (AvgIpc) is 2.50. The maximum absolute atomic E-state index is 13.2. The van der Waals surface area contributed by atoms with Gasteiger partial charge < -0.3 is 5.11 Å². The Balaban J connectivity index is 2.11. The van der Waals surface area contributed by atoms with E-state index in [0.29, 0.717) is 30.4 Å². The Morgan fingerprint density at radius 1 is 0.905 bits per heavy atom. The molecule has 1 N–H and O–H groups in total. The van der Waals surface area contributed by atoms with E-state index in [1.165, 1.54) is 6.07 Å². The minimum Gasteiger partial charge on any atom is -0.396 e. The summed E-state index contributed by atoms with van der Waals surface area (Å²) in [7, 11) is 0. The van der Waals surface area contributed by atoms with E-state index < -0.39 is 11.6 Å². The van der Waals surface area contributed by atoms with Gasteiger partial charge >= 0.3 is 0 Å². The molecule has 0 aromatic heterocycles. The molecule has 0 atom stereocenters. The number of rotatable bonds is 6. The highest BCUT2D eigenvalue weighted by molar-refractivity contribution is 5.96. The van der Waals surface area contributed by atoms with E-state index in [4.69, 9.17) is 5.11 Å². The zero-order valence-electron chi connectivity index (χ0n) is 11.5. The Kier molecular flexibility index (Phi) is 5.17. The molecule has 110 valence electrons. The van der Waals surface area contributed by atoms with E-state index in [9.17, 15) is 13.6 Å². The highest BCUT2D eigenvalue weighted by atomic mass is 19.2. The molecule has 0 bridgehead atoms. The van der Waals surface area contributed by atoms with Crippen LogP contribution in [0.5, 0.6) is 0 Å². The molecular formula is C17H16F2O2. The fourth-order valence-corrected chi connectivity index (χ4v) is 2.07. The molecule has 0 spiro atoms. The zero-order chi connectivity index (χ0) is 15.2. The van der Waals surface area contributed by atoms with Crippen LogP contribution >= 0.6 is 0 Å². The second kappa shape index (κ2) is 7.09. The first-order chi connectivity index (χ1) is 10.1. The van der Waals surface area contributed by atoms with Crippen molar-refractivity contribution in [2.24, 2.45) is 0 Å². The van der Waals surface area contributed by atoms with Crippen LogP contribution in [0.1, 0.15) is 29.6 Å². The molecule has 21 heavy (non-hydrogen) atoms. The molecule has 0 saturated heterocycles. The van der Waals surface area contributed by atoms with Gasteiger partial charge in [0.15, 0.2) is 17.4 Å². The van der Waals surface area contributed by atoms with Crippen LogP contribution in [0.15, 0.2) is 42.5 Å². The fourth-order valence-electron chi connectivity index (χ4n) is 2.07. The fraction of sp³-hybridized carbons (Fsp3) is 0.235. The first-order valence-corrected chi connectivity index (χ1v) is 6.81. The molecule has 0 aliphatic carbocycles. The minimum absolute atomic E-state index is 0.0142. The summed E-state index contributed by atoms with van der Waals surface area (Å²) in [5, 5.41) is 8.69. The van der Waals surface area contributed by atoms with Crippen molar-refractivity contribution in [3.8, 4) is 11.1 Å². The topological polar surface area (TPSA) is 37.3 Å². The number of carbonyl (C=O) groups is 1. The molecular weight excluding hydrogens is 274 g/mol. The third kappa shape index (κ3) is 3.95. The van der Waals surface area contributed by atoms with Crippen LogP contribution in [-0.2, 0) is 0 Å². The average molecular weight is 290 g/mol. The van der Waals surface area contributed by atoms with E-state index in [1.807, 2.05) is 0 Å². The lowest BCUT2D eigenvalue weighted by Crippen LogP contribution is -1.99. The van der Waals surface area contributed by atoms with Crippen LogP contribution in [0.3, 0.4) is 0 Å². The van der Waals surface area contributed by atoms with Gasteiger partial charge in [-0.1, -0.05) is 30.3 Å². The molecule has 4 heteroatoms. The van der Waals surface area contributed by atoms with Gasteiger partial charge in [-0.2, -0.15) is 0 Å². The lowest BCUT2D eigenvalue weighted by atomic mass is 10.0. The minimum atomic E-state index is -0.892. The number of halogens is 2. The van der Waals surface area contributed by atoms with Gasteiger partial charge in [-0.3, -0.25) is 4.79 Å². The SMILES string of the molecule is O=C(CCCCO)c1ccc(-c2ccc(F)c(F)c2)cc1. The van der Waals surface area contributed by atoms with E-state index in [1.54, 1.807) is 24.3 Å². The molecule has 2 aromatic rings. The Morgan fingerprint density at radius 2 is 1.57 bits per heavy atom. The highest BCUT2D eigenvalue weighted by Gasteiger charge is 2.07. The van der Waals surface area contributed by atoms with Gasteiger partial charge in [0.05, 0.1) is 0 Å². The normalized spacial score (nSPS) is 10.6. The predicted molar refractivity (Wildman–Crippen MR) is 77.1 cm³/mol. The first-order valence-electron chi connectivity index (χ1n) is 6.81. The molecule has 2 rings (SSSR count). The Hall–Kier alpha value is -2.07. The predicted octanol–water partition coefficient (Wildman–Crippen LogP) is 3.98. The van der Waals surface area contributed by atoms with Gasteiger partial charge in [0.1, 0.15) is 0 Å². The number of hydrogen-bond acceptors (Lipinski definition) is 2. The van der Waals surface area contributed by atoms with Crippen molar-refractivity contribution in [2.45, 2.75) is 19.3 Å². The van der Waals surface area contributed by atoms with Crippen LogP contribution < -0.4 is 0 Å². The number of aliphatic hydroxyl groups is 1. The van der Waals surface area contributed by atoms with Crippen LogP contribution in [0.4, 0.5) is 8.78 Å². The van der Waals surface area contributed by atoms with Crippen molar-refractivity contribution in [3.05, 3.63) is 59.7 Å². The summed E-state index contributed by atoms with van der Waals surface area (Å²) in [5.41, 5.74) is 1.87. The van der Waals surface area contributed by atoms with Crippen LogP contribution in [0.2, 0.25) is 0 Å². The highest BCUT2D eigenvalue weighted by Crippen LogP contribution is 2.22. The quantitative estimate of drug-likeness (QED) is 0.645. The van der Waals surface area contributed by atoms with E-state index in [2.05, 4.69) is 0 Å². The smallest absolute Gasteiger partial charge is 0.162 e. The van der Waals surface area contributed by atoms with Crippen molar-refractivity contribution < 1.29 is 18.7 Å². The van der Waals surface area contributed by atoms with Gasteiger partial charge in [-0.15, -0.1) is 0 Å². The maximum Gasteiger partial charge on any atom is 0.162 e. The Bertz CT molecular complexity index is 621. The molecule has 0 radical (unpaired) electrons. The first kappa shape index (κ1) is 15.3.